The fourth-order valence-corrected chi connectivity index (χ4v) is 1.20. The van der Waals surface area contributed by atoms with Gasteiger partial charge in [0.25, 0.3) is 11.5 Å². The lowest BCUT2D eigenvalue weighted by molar-refractivity contribution is -0.139. The Bertz CT molecular complexity index is 501. The highest BCUT2D eigenvalue weighted by Gasteiger charge is 2.19. The molecule has 0 radical (unpaired) electrons. The number of allylic oxidation sites excluding steroid dienone is 1. The van der Waals surface area contributed by atoms with E-state index in [4.69, 9.17) is 5.11 Å². The van der Waals surface area contributed by atoms with Crippen LogP contribution in [0.4, 0.5) is 0 Å². The smallest absolute Gasteiger partial charge is 0.326 e. The van der Waals surface area contributed by atoms with Crippen LogP contribution in [0.15, 0.2) is 29.1 Å². The van der Waals surface area contributed by atoms with Crippen molar-refractivity contribution in [2.24, 2.45) is 0 Å². The summed E-state index contributed by atoms with van der Waals surface area (Å²) in [6.07, 6.45) is 3.51. The van der Waals surface area contributed by atoms with Crippen LogP contribution in [0.25, 0.3) is 0 Å². The lowest BCUT2D eigenvalue weighted by Gasteiger charge is -2.11. The van der Waals surface area contributed by atoms with Crippen LogP contribution < -0.4 is 10.9 Å². The number of amides is 1. The molecule has 7 nitrogen and oxygen atoms in total. The number of carboxylic acids is 1. The Morgan fingerprint density at radius 2 is 2.28 bits per heavy atom. The molecule has 1 atom stereocenters. The second-order valence-corrected chi connectivity index (χ2v) is 3.48. The third-order valence-corrected chi connectivity index (χ3v) is 2.12. The molecular formula is C11H13N3O4. The second kappa shape index (κ2) is 6.33. The molecule has 18 heavy (non-hydrogen) atoms. The SMILES string of the molecule is C/C=C/CC(NC(=O)c1ccc(=O)[nH]n1)C(=O)O. The number of hydrogen-bond acceptors (Lipinski definition) is 4. The van der Waals surface area contributed by atoms with Gasteiger partial charge < -0.3 is 10.4 Å². The Morgan fingerprint density at radius 1 is 1.56 bits per heavy atom. The molecule has 0 spiro atoms. The van der Waals surface area contributed by atoms with Gasteiger partial charge in [0.15, 0.2) is 0 Å². The Labute approximate surface area is 103 Å². The number of carboxylic acid groups (broad SMARTS) is 1. The molecule has 0 aliphatic heterocycles. The first-order valence-electron chi connectivity index (χ1n) is 5.25. The minimum atomic E-state index is -1.13. The van der Waals surface area contributed by atoms with E-state index in [1.807, 2.05) is 0 Å². The normalized spacial score (nSPS) is 12.3. The molecule has 96 valence electrons. The highest BCUT2D eigenvalue weighted by Crippen LogP contribution is 1.97. The van der Waals surface area contributed by atoms with Gasteiger partial charge in [-0.25, -0.2) is 9.89 Å². The van der Waals surface area contributed by atoms with E-state index in [2.05, 4.69) is 15.5 Å². The van der Waals surface area contributed by atoms with Crippen molar-refractivity contribution in [1.29, 1.82) is 0 Å². The number of hydrogen-bond donors (Lipinski definition) is 3. The number of carbonyl (C=O) groups is 2. The van der Waals surface area contributed by atoms with Gasteiger partial charge in [-0.15, -0.1) is 0 Å². The van der Waals surface area contributed by atoms with Crippen molar-refractivity contribution >= 4 is 11.9 Å². The summed E-state index contributed by atoms with van der Waals surface area (Å²) >= 11 is 0. The van der Waals surface area contributed by atoms with Crippen LogP contribution in [0.2, 0.25) is 0 Å². The van der Waals surface area contributed by atoms with Crippen molar-refractivity contribution in [3.8, 4) is 0 Å². The Hall–Kier alpha value is -2.44. The van der Waals surface area contributed by atoms with E-state index in [0.29, 0.717) is 0 Å². The number of nitrogens with zero attached hydrogens (tertiary/aromatic N) is 1. The average molecular weight is 251 g/mol. The highest BCUT2D eigenvalue weighted by atomic mass is 16.4. The first-order chi connectivity index (χ1) is 8.54. The fourth-order valence-electron chi connectivity index (χ4n) is 1.20. The molecule has 1 amide bonds. The van der Waals surface area contributed by atoms with Gasteiger partial charge in [0.2, 0.25) is 0 Å². The van der Waals surface area contributed by atoms with Gasteiger partial charge >= 0.3 is 5.97 Å². The maximum absolute atomic E-state index is 11.7. The van der Waals surface area contributed by atoms with Gasteiger partial charge in [-0.2, -0.15) is 5.10 Å². The molecule has 1 rings (SSSR count). The quantitative estimate of drug-likeness (QED) is 0.633. The summed E-state index contributed by atoms with van der Waals surface area (Å²) in [5.41, 5.74) is -0.475. The Balaban J connectivity index is 2.74. The highest BCUT2D eigenvalue weighted by molar-refractivity contribution is 5.94. The van der Waals surface area contributed by atoms with Crippen molar-refractivity contribution < 1.29 is 14.7 Å². The van der Waals surface area contributed by atoms with Crippen molar-refractivity contribution in [2.75, 3.05) is 0 Å². The summed E-state index contributed by atoms with van der Waals surface area (Å²) in [6.45, 7) is 1.75. The molecule has 0 saturated heterocycles. The molecule has 1 aromatic rings. The third kappa shape index (κ3) is 3.85. The molecule has 0 aliphatic carbocycles. The van der Waals surface area contributed by atoms with E-state index < -0.39 is 23.5 Å². The largest absolute Gasteiger partial charge is 0.480 e. The monoisotopic (exact) mass is 251 g/mol. The van der Waals surface area contributed by atoms with Crippen molar-refractivity contribution in [3.05, 3.63) is 40.3 Å². The van der Waals surface area contributed by atoms with E-state index in [0.717, 1.165) is 6.07 Å². The lowest BCUT2D eigenvalue weighted by Crippen LogP contribution is -2.41. The Morgan fingerprint density at radius 3 is 2.78 bits per heavy atom. The predicted octanol–water partition coefficient (Wildman–Crippen LogP) is -0.0809. The summed E-state index contributed by atoms with van der Waals surface area (Å²) in [6, 6.07) is 1.34. The summed E-state index contributed by atoms with van der Waals surface area (Å²) in [7, 11) is 0. The third-order valence-electron chi connectivity index (χ3n) is 2.12. The van der Waals surface area contributed by atoms with Gasteiger partial charge in [-0.3, -0.25) is 9.59 Å². The van der Waals surface area contributed by atoms with Crippen LogP contribution in [-0.2, 0) is 4.79 Å². The average Bonchev–Trinajstić information content (AvgIpc) is 2.34. The van der Waals surface area contributed by atoms with Gasteiger partial charge in [0, 0.05) is 6.07 Å². The van der Waals surface area contributed by atoms with Crippen molar-refractivity contribution in [3.63, 3.8) is 0 Å². The van der Waals surface area contributed by atoms with Gasteiger partial charge in [0.1, 0.15) is 11.7 Å². The molecule has 1 heterocycles. The van der Waals surface area contributed by atoms with Gasteiger partial charge in [0.05, 0.1) is 0 Å². The maximum atomic E-state index is 11.7. The zero-order valence-electron chi connectivity index (χ0n) is 9.71. The molecule has 1 aromatic heterocycles. The number of aromatic amines is 1. The first kappa shape index (κ1) is 13.6. The van der Waals surface area contributed by atoms with Crippen LogP contribution in [0.1, 0.15) is 23.8 Å². The molecule has 0 saturated carbocycles. The van der Waals surface area contributed by atoms with E-state index in [9.17, 15) is 14.4 Å². The molecular weight excluding hydrogens is 238 g/mol. The predicted molar refractivity (Wildman–Crippen MR) is 63.2 cm³/mol. The molecule has 0 bridgehead atoms. The van der Waals surface area contributed by atoms with Crippen LogP contribution >= 0.6 is 0 Å². The summed E-state index contributed by atoms with van der Waals surface area (Å²) < 4.78 is 0. The number of aromatic nitrogens is 2. The lowest BCUT2D eigenvalue weighted by atomic mass is 10.2. The minimum absolute atomic E-state index is 0.0404. The zero-order valence-corrected chi connectivity index (χ0v) is 9.71. The molecule has 0 fully saturated rings. The Kier molecular flexibility index (Phi) is 4.79. The van der Waals surface area contributed by atoms with E-state index in [1.165, 1.54) is 6.07 Å². The summed E-state index contributed by atoms with van der Waals surface area (Å²) in [5, 5.41) is 16.8. The zero-order chi connectivity index (χ0) is 13.5. The van der Waals surface area contributed by atoms with E-state index >= 15 is 0 Å². The number of carbonyl (C=O) groups excluding carboxylic acids is 1. The topological polar surface area (TPSA) is 112 Å². The number of nitrogens with one attached hydrogen (secondary N) is 2. The second-order valence-electron chi connectivity index (χ2n) is 3.48. The summed E-state index contributed by atoms with van der Waals surface area (Å²) in [4.78, 5) is 33.3. The van der Waals surface area contributed by atoms with E-state index in [-0.39, 0.29) is 12.1 Å². The van der Waals surface area contributed by atoms with Crippen molar-refractivity contribution in [1.82, 2.24) is 15.5 Å². The minimum Gasteiger partial charge on any atom is -0.480 e. The molecule has 0 aliphatic rings. The van der Waals surface area contributed by atoms with Crippen molar-refractivity contribution in [2.45, 2.75) is 19.4 Å². The number of rotatable bonds is 5. The molecule has 1 unspecified atom stereocenters. The van der Waals surface area contributed by atoms with Crippen LogP contribution in [0.5, 0.6) is 0 Å². The standard InChI is InChI=1S/C11H13N3O4/c1-2-3-4-8(11(17)18)12-10(16)7-5-6-9(15)14-13-7/h2-3,5-6,8H,4H2,1H3,(H,12,16)(H,14,15)(H,17,18)/b3-2+. The number of H-pyrrole nitrogens is 1. The molecule has 0 aromatic carbocycles. The number of aliphatic carboxylic acids is 1. The summed E-state index contributed by atoms with van der Waals surface area (Å²) in [5.74, 6) is -1.78. The maximum Gasteiger partial charge on any atom is 0.326 e. The van der Waals surface area contributed by atoms with Gasteiger partial charge in [-0.05, 0) is 19.4 Å². The van der Waals surface area contributed by atoms with Crippen LogP contribution in [-0.4, -0.2) is 33.2 Å². The molecule has 3 N–H and O–H groups in total. The van der Waals surface area contributed by atoms with Crippen LogP contribution in [0.3, 0.4) is 0 Å². The first-order valence-corrected chi connectivity index (χ1v) is 5.25. The van der Waals surface area contributed by atoms with Crippen LogP contribution in [0, 0.1) is 0 Å². The van der Waals surface area contributed by atoms with Gasteiger partial charge in [-0.1, -0.05) is 12.2 Å². The molecule has 7 heteroatoms. The van der Waals surface area contributed by atoms with E-state index in [1.54, 1.807) is 19.1 Å². The fraction of sp³-hybridized carbons (Fsp3) is 0.273.